The van der Waals surface area contributed by atoms with Crippen LogP contribution in [-0.2, 0) is 0 Å². The average molecular weight is 210 g/mol. The molecule has 5 nitrogen and oxygen atoms in total. The number of hydrogen-bond donors (Lipinski definition) is 1. The van der Waals surface area contributed by atoms with Crippen LogP contribution in [0.4, 0.5) is 5.95 Å². The summed E-state index contributed by atoms with van der Waals surface area (Å²) in [5, 5.41) is 7.36. The molecule has 1 atom stereocenters. The first-order chi connectivity index (χ1) is 7.18. The van der Waals surface area contributed by atoms with Crippen LogP contribution in [0, 0.1) is 0 Å². The van der Waals surface area contributed by atoms with Crippen molar-refractivity contribution in [3.05, 3.63) is 5.89 Å². The van der Waals surface area contributed by atoms with E-state index in [1.807, 2.05) is 0 Å². The highest BCUT2D eigenvalue weighted by Crippen LogP contribution is 2.18. The first kappa shape index (κ1) is 10.4. The third kappa shape index (κ3) is 2.12. The topological polar surface area (TPSA) is 54.2 Å². The number of anilines is 1. The minimum atomic E-state index is 0.296. The fourth-order valence-corrected chi connectivity index (χ4v) is 1.72. The van der Waals surface area contributed by atoms with Gasteiger partial charge in [-0.2, -0.15) is 4.98 Å². The fraction of sp³-hybridized carbons (Fsp3) is 0.800. The molecule has 0 spiro atoms. The lowest BCUT2D eigenvalue weighted by Gasteiger charge is -2.32. The predicted octanol–water partition coefficient (Wildman–Crippen LogP) is 0.991. The molecule has 1 saturated heterocycles. The lowest BCUT2D eigenvalue weighted by Crippen LogP contribution is -2.50. The van der Waals surface area contributed by atoms with Crippen molar-refractivity contribution in [2.45, 2.75) is 32.7 Å². The van der Waals surface area contributed by atoms with E-state index in [-0.39, 0.29) is 0 Å². The number of nitrogens with one attached hydrogen (secondary N) is 1. The summed E-state index contributed by atoms with van der Waals surface area (Å²) >= 11 is 0. The molecule has 0 radical (unpaired) electrons. The second-order valence-electron chi connectivity index (χ2n) is 4.33. The average Bonchev–Trinajstić information content (AvgIpc) is 2.67. The Morgan fingerprint density at radius 3 is 2.93 bits per heavy atom. The summed E-state index contributed by atoms with van der Waals surface area (Å²) in [5.74, 6) is 1.74. The molecule has 5 heteroatoms. The van der Waals surface area contributed by atoms with Gasteiger partial charge in [-0.1, -0.05) is 13.8 Å². The molecule has 0 saturated carbocycles. The zero-order chi connectivity index (χ0) is 10.8. The smallest absolute Gasteiger partial charge is 0.266 e. The van der Waals surface area contributed by atoms with Gasteiger partial charge < -0.3 is 14.7 Å². The summed E-state index contributed by atoms with van der Waals surface area (Å²) in [7, 11) is 0. The monoisotopic (exact) mass is 210 g/mol. The standard InChI is InChI=1S/C10H18N4O/c1-7(2)9-12-10(13-15-9)14-5-4-11-6-8(14)3/h7-8,11H,4-6H2,1-3H3/t8-/m1/s1. The number of rotatable bonds is 2. The van der Waals surface area contributed by atoms with E-state index in [1.54, 1.807) is 0 Å². The molecule has 2 heterocycles. The van der Waals surface area contributed by atoms with E-state index < -0.39 is 0 Å². The molecule has 2 rings (SSSR count). The van der Waals surface area contributed by atoms with Crippen LogP contribution in [0.3, 0.4) is 0 Å². The second-order valence-corrected chi connectivity index (χ2v) is 4.33. The molecule has 0 unspecified atom stereocenters. The van der Waals surface area contributed by atoms with Crippen LogP contribution < -0.4 is 10.2 Å². The van der Waals surface area contributed by atoms with Crippen molar-refractivity contribution in [2.24, 2.45) is 0 Å². The van der Waals surface area contributed by atoms with Crippen molar-refractivity contribution in [2.75, 3.05) is 24.5 Å². The van der Waals surface area contributed by atoms with Crippen LogP contribution in [0.25, 0.3) is 0 Å². The van der Waals surface area contributed by atoms with Gasteiger partial charge in [-0.05, 0) is 12.1 Å². The highest BCUT2D eigenvalue weighted by Gasteiger charge is 2.23. The van der Waals surface area contributed by atoms with E-state index in [0.717, 1.165) is 31.5 Å². The van der Waals surface area contributed by atoms with E-state index in [0.29, 0.717) is 12.0 Å². The van der Waals surface area contributed by atoms with Crippen LogP contribution in [0.1, 0.15) is 32.6 Å². The zero-order valence-corrected chi connectivity index (χ0v) is 9.53. The van der Waals surface area contributed by atoms with E-state index in [4.69, 9.17) is 4.52 Å². The summed E-state index contributed by atoms with van der Waals surface area (Å²) in [6.07, 6.45) is 0. The molecule has 1 aromatic heterocycles. The SMILES string of the molecule is CC(C)c1nc(N2CCNC[C@H]2C)no1. The highest BCUT2D eigenvalue weighted by molar-refractivity contribution is 5.31. The lowest BCUT2D eigenvalue weighted by atomic mass is 10.2. The van der Waals surface area contributed by atoms with Gasteiger partial charge in [-0.3, -0.25) is 0 Å². The third-order valence-corrected chi connectivity index (χ3v) is 2.68. The first-order valence-electron chi connectivity index (χ1n) is 5.49. The Bertz CT molecular complexity index is 323. The van der Waals surface area contributed by atoms with Gasteiger partial charge in [0.2, 0.25) is 5.89 Å². The number of aromatic nitrogens is 2. The van der Waals surface area contributed by atoms with E-state index in [1.165, 1.54) is 0 Å². The van der Waals surface area contributed by atoms with Gasteiger partial charge in [0.15, 0.2) is 0 Å². The van der Waals surface area contributed by atoms with Gasteiger partial charge in [-0.15, -0.1) is 0 Å². The molecule has 1 aliphatic rings. The van der Waals surface area contributed by atoms with E-state index in [9.17, 15) is 0 Å². The third-order valence-electron chi connectivity index (χ3n) is 2.68. The van der Waals surface area contributed by atoms with Gasteiger partial charge in [0.05, 0.1) is 0 Å². The molecule has 0 bridgehead atoms. The largest absolute Gasteiger partial charge is 0.337 e. The Morgan fingerprint density at radius 1 is 1.53 bits per heavy atom. The maximum Gasteiger partial charge on any atom is 0.266 e. The van der Waals surface area contributed by atoms with Crippen LogP contribution in [-0.4, -0.2) is 35.8 Å². The van der Waals surface area contributed by atoms with Gasteiger partial charge >= 0.3 is 0 Å². The molecular weight excluding hydrogens is 192 g/mol. The van der Waals surface area contributed by atoms with E-state index >= 15 is 0 Å². The molecule has 1 fully saturated rings. The van der Waals surface area contributed by atoms with Crippen LogP contribution in [0.2, 0.25) is 0 Å². The van der Waals surface area contributed by atoms with Crippen molar-refractivity contribution >= 4 is 5.95 Å². The summed E-state index contributed by atoms with van der Waals surface area (Å²) in [6.45, 7) is 9.17. The Balaban J connectivity index is 2.13. The molecule has 0 aliphatic carbocycles. The van der Waals surface area contributed by atoms with Crippen molar-refractivity contribution in [1.82, 2.24) is 15.5 Å². The van der Waals surface area contributed by atoms with Crippen LogP contribution >= 0.6 is 0 Å². The molecular formula is C10H18N4O. The molecule has 0 amide bonds. The summed E-state index contributed by atoms with van der Waals surface area (Å²) in [5.41, 5.74) is 0. The Labute approximate surface area is 89.8 Å². The van der Waals surface area contributed by atoms with Crippen molar-refractivity contribution in [3.8, 4) is 0 Å². The molecule has 1 aromatic rings. The van der Waals surface area contributed by atoms with Crippen molar-refractivity contribution in [1.29, 1.82) is 0 Å². The normalized spacial score (nSPS) is 22.4. The molecule has 1 aliphatic heterocycles. The molecule has 84 valence electrons. The minimum Gasteiger partial charge on any atom is -0.337 e. The van der Waals surface area contributed by atoms with Crippen LogP contribution in [0.5, 0.6) is 0 Å². The maximum atomic E-state index is 5.20. The Kier molecular flexibility index (Phi) is 2.90. The summed E-state index contributed by atoms with van der Waals surface area (Å²) < 4.78 is 5.20. The van der Waals surface area contributed by atoms with Crippen LogP contribution in [0.15, 0.2) is 4.52 Å². The van der Waals surface area contributed by atoms with Crippen molar-refractivity contribution < 1.29 is 4.52 Å². The first-order valence-corrected chi connectivity index (χ1v) is 5.49. The molecule has 15 heavy (non-hydrogen) atoms. The zero-order valence-electron chi connectivity index (χ0n) is 9.53. The minimum absolute atomic E-state index is 0.296. The highest BCUT2D eigenvalue weighted by atomic mass is 16.5. The van der Waals surface area contributed by atoms with Gasteiger partial charge in [0, 0.05) is 31.6 Å². The van der Waals surface area contributed by atoms with Crippen molar-refractivity contribution in [3.63, 3.8) is 0 Å². The van der Waals surface area contributed by atoms with Gasteiger partial charge in [-0.25, -0.2) is 0 Å². The molecule has 0 aromatic carbocycles. The number of piperazine rings is 1. The van der Waals surface area contributed by atoms with Gasteiger partial charge in [0.25, 0.3) is 5.95 Å². The Morgan fingerprint density at radius 2 is 2.33 bits per heavy atom. The maximum absolute atomic E-state index is 5.20. The quantitative estimate of drug-likeness (QED) is 0.789. The molecule has 1 N–H and O–H groups in total. The second kappa shape index (κ2) is 4.18. The fourth-order valence-electron chi connectivity index (χ4n) is 1.72. The predicted molar refractivity (Wildman–Crippen MR) is 58.1 cm³/mol. The summed E-state index contributed by atoms with van der Waals surface area (Å²) in [6, 6.07) is 0.427. The van der Waals surface area contributed by atoms with Gasteiger partial charge in [0.1, 0.15) is 0 Å². The summed E-state index contributed by atoms with van der Waals surface area (Å²) in [4.78, 5) is 6.59. The lowest BCUT2D eigenvalue weighted by molar-refractivity contribution is 0.362. The number of hydrogen-bond acceptors (Lipinski definition) is 5. The number of nitrogens with zero attached hydrogens (tertiary/aromatic N) is 3. The van der Waals surface area contributed by atoms with E-state index in [2.05, 4.69) is 41.1 Å². The Hall–Kier alpha value is -1.10.